The summed E-state index contributed by atoms with van der Waals surface area (Å²) in [4.78, 5) is 6.79. The van der Waals surface area contributed by atoms with E-state index >= 15 is 0 Å². The molecule has 0 aliphatic carbocycles. The highest BCUT2D eigenvalue weighted by Gasteiger charge is 2.15. The number of ether oxygens (including phenoxy) is 1. The Morgan fingerprint density at radius 1 is 1.32 bits per heavy atom. The van der Waals surface area contributed by atoms with Crippen molar-refractivity contribution in [2.75, 3.05) is 50.0 Å². The van der Waals surface area contributed by atoms with Gasteiger partial charge in [-0.05, 0) is 18.5 Å². The molecule has 1 saturated heterocycles. The molecule has 0 atom stereocenters. The van der Waals surface area contributed by atoms with Gasteiger partial charge >= 0.3 is 0 Å². The molecular weight excluding hydrogens is 240 g/mol. The summed E-state index contributed by atoms with van der Waals surface area (Å²) in [5.74, 6) is 0.957. The molecule has 3 heterocycles. The molecule has 5 heteroatoms. The van der Waals surface area contributed by atoms with Gasteiger partial charge in [-0.3, -0.25) is 0 Å². The molecule has 0 amide bonds. The molecular formula is C14H20N4O. The van der Waals surface area contributed by atoms with Crippen LogP contribution in [0.4, 0.5) is 11.5 Å². The number of pyridine rings is 1. The predicted molar refractivity (Wildman–Crippen MR) is 77.1 cm³/mol. The van der Waals surface area contributed by atoms with Crippen molar-refractivity contribution in [2.24, 2.45) is 0 Å². The average Bonchev–Trinajstić information content (AvgIpc) is 2.49. The lowest BCUT2D eigenvalue weighted by Gasteiger charge is -2.28. The molecule has 2 aliphatic heterocycles. The van der Waals surface area contributed by atoms with Gasteiger partial charge in [-0.15, -0.1) is 0 Å². The van der Waals surface area contributed by atoms with Gasteiger partial charge in [0.05, 0.1) is 13.2 Å². The largest absolute Gasteiger partial charge is 0.398 e. The number of nitrogens with two attached hydrogens (primary N) is 1. The van der Waals surface area contributed by atoms with E-state index in [1.807, 2.05) is 12.3 Å². The Bertz CT molecular complexity index is 480. The van der Waals surface area contributed by atoms with Gasteiger partial charge in [-0.1, -0.05) is 6.08 Å². The molecule has 1 aromatic heterocycles. The van der Waals surface area contributed by atoms with Gasteiger partial charge < -0.3 is 20.7 Å². The van der Waals surface area contributed by atoms with E-state index in [9.17, 15) is 0 Å². The van der Waals surface area contributed by atoms with Crippen LogP contribution < -0.4 is 16.0 Å². The normalized spacial score (nSPS) is 20.2. The lowest BCUT2D eigenvalue weighted by molar-refractivity contribution is 0.122. The second kappa shape index (κ2) is 5.59. The van der Waals surface area contributed by atoms with Crippen molar-refractivity contribution >= 4 is 17.1 Å². The predicted octanol–water partition coefficient (Wildman–Crippen LogP) is 0.877. The van der Waals surface area contributed by atoms with Crippen molar-refractivity contribution in [2.45, 2.75) is 6.42 Å². The molecule has 2 aliphatic rings. The van der Waals surface area contributed by atoms with Crippen molar-refractivity contribution in [3.63, 3.8) is 0 Å². The maximum absolute atomic E-state index is 6.20. The molecule has 0 spiro atoms. The number of aromatic nitrogens is 1. The number of morpholine rings is 1. The first-order valence-electron chi connectivity index (χ1n) is 6.83. The van der Waals surface area contributed by atoms with Crippen molar-refractivity contribution in [3.8, 4) is 0 Å². The molecule has 0 bridgehead atoms. The monoisotopic (exact) mass is 260 g/mol. The molecule has 0 radical (unpaired) electrons. The van der Waals surface area contributed by atoms with E-state index in [1.165, 1.54) is 5.57 Å². The average molecular weight is 260 g/mol. The lowest BCUT2D eigenvalue weighted by atomic mass is 10.0. The number of nitrogen functional groups attached to an aromatic ring is 1. The maximum atomic E-state index is 6.20. The quantitative estimate of drug-likeness (QED) is 0.826. The molecule has 1 aromatic rings. The molecule has 19 heavy (non-hydrogen) atoms. The molecule has 3 rings (SSSR count). The third kappa shape index (κ3) is 2.72. The smallest absolute Gasteiger partial charge is 0.130 e. The van der Waals surface area contributed by atoms with Crippen LogP contribution in [0.25, 0.3) is 5.57 Å². The van der Waals surface area contributed by atoms with Crippen LogP contribution >= 0.6 is 0 Å². The highest BCUT2D eigenvalue weighted by atomic mass is 16.5. The highest BCUT2D eigenvalue weighted by molar-refractivity contribution is 5.76. The van der Waals surface area contributed by atoms with Gasteiger partial charge in [0.25, 0.3) is 0 Å². The van der Waals surface area contributed by atoms with E-state index in [2.05, 4.69) is 21.3 Å². The number of hydrogen-bond acceptors (Lipinski definition) is 5. The Labute approximate surface area is 113 Å². The Kier molecular flexibility index (Phi) is 3.66. The fourth-order valence-electron chi connectivity index (χ4n) is 2.56. The Morgan fingerprint density at radius 3 is 2.84 bits per heavy atom. The summed E-state index contributed by atoms with van der Waals surface area (Å²) in [6.45, 7) is 5.23. The highest BCUT2D eigenvalue weighted by Crippen LogP contribution is 2.27. The number of rotatable bonds is 2. The van der Waals surface area contributed by atoms with E-state index < -0.39 is 0 Å². The van der Waals surface area contributed by atoms with Crippen molar-refractivity contribution in [1.29, 1.82) is 0 Å². The summed E-state index contributed by atoms with van der Waals surface area (Å²) in [6, 6.07) is 1.99. The minimum atomic E-state index is 0.764. The minimum Gasteiger partial charge on any atom is -0.398 e. The van der Waals surface area contributed by atoms with Gasteiger partial charge in [-0.25, -0.2) is 4.98 Å². The fourth-order valence-corrected chi connectivity index (χ4v) is 2.56. The van der Waals surface area contributed by atoms with Gasteiger partial charge in [0.15, 0.2) is 0 Å². The van der Waals surface area contributed by atoms with E-state index in [0.717, 1.165) is 62.9 Å². The van der Waals surface area contributed by atoms with Crippen LogP contribution in [0.3, 0.4) is 0 Å². The fraction of sp³-hybridized carbons (Fsp3) is 0.500. The zero-order valence-corrected chi connectivity index (χ0v) is 11.1. The van der Waals surface area contributed by atoms with E-state index in [0.29, 0.717) is 0 Å². The van der Waals surface area contributed by atoms with Gasteiger partial charge in [-0.2, -0.15) is 0 Å². The van der Waals surface area contributed by atoms with Crippen LogP contribution in [0.15, 0.2) is 18.3 Å². The minimum absolute atomic E-state index is 0.764. The number of nitrogens with one attached hydrogen (secondary N) is 1. The summed E-state index contributed by atoms with van der Waals surface area (Å²) >= 11 is 0. The van der Waals surface area contributed by atoms with E-state index in [-0.39, 0.29) is 0 Å². The molecule has 0 aromatic carbocycles. The number of hydrogen-bond donors (Lipinski definition) is 2. The molecule has 0 saturated carbocycles. The number of anilines is 2. The van der Waals surface area contributed by atoms with Crippen LogP contribution in [0.1, 0.15) is 12.0 Å². The topological polar surface area (TPSA) is 63.4 Å². The molecule has 102 valence electrons. The number of nitrogens with zero attached hydrogens (tertiary/aromatic N) is 2. The third-order valence-electron chi connectivity index (χ3n) is 3.67. The zero-order chi connectivity index (χ0) is 13.1. The van der Waals surface area contributed by atoms with Gasteiger partial charge in [0, 0.05) is 43.1 Å². The third-order valence-corrected chi connectivity index (χ3v) is 3.67. The second-order valence-electron chi connectivity index (χ2n) is 4.91. The summed E-state index contributed by atoms with van der Waals surface area (Å²) in [5, 5.41) is 3.31. The molecule has 3 N–H and O–H groups in total. The first-order chi connectivity index (χ1) is 9.34. The zero-order valence-electron chi connectivity index (χ0n) is 11.1. The van der Waals surface area contributed by atoms with Gasteiger partial charge in [0.1, 0.15) is 5.82 Å². The van der Waals surface area contributed by atoms with Crippen molar-refractivity contribution in [1.82, 2.24) is 10.3 Å². The lowest BCUT2D eigenvalue weighted by Crippen LogP contribution is -2.36. The van der Waals surface area contributed by atoms with Crippen LogP contribution in [0.5, 0.6) is 0 Å². The Balaban J connectivity index is 1.82. The maximum Gasteiger partial charge on any atom is 0.130 e. The summed E-state index contributed by atoms with van der Waals surface area (Å²) in [7, 11) is 0. The molecule has 0 unspecified atom stereocenters. The Morgan fingerprint density at radius 2 is 2.16 bits per heavy atom. The first kappa shape index (κ1) is 12.4. The molecule has 1 fully saturated rings. The van der Waals surface area contributed by atoms with Crippen LogP contribution in [-0.4, -0.2) is 44.4 Å². The molecule has 5 nitrogen and oxygen atoms in total. The van der Waals surface area contributed by atoms with Crippen LogP contribution in [-0.2, 0) is 4.74 Å². The second-order valence-corrected chi connectivity index (χ2v) is 4.91. The summed E-state index contributed by atoms with van der Waals surface area (Å²) in [5.41, 5.74) is 9.41. The first-order valence-corrected chi connectivity index (χ1v) is 6.83. The Hall–Kier alpha value is -1.59. The van der Waals surface area contributed by atoms with E-state index in [4.69, 9.17) is 10.5 Å². The summed E-state index contributed by atoms with van der Waals surface area (Å²) in [6.07, 6.45) is 5.13. The van der Waals surface area contributed by atoms with E-state index in [1.54, 1.807) is 0 Å². The standard InChI is InChI=1S/C14H20N4O/c15-13-9-14(18-5-7-19-8-6-18)17-10-12(13)11-1-3-16-4-2-11/h1,9-10,16H,2-8H2,(H2,15,17). The van der Waals surface area contributed by atoms with Gasteiger partial charge in [0.2, 0.25) is 0 Å². The SMILES string of the molecule is Nc1cc(N2CCOCC2)ncc1C1=CCNCC1. The summed E-state index contributed by atoms with van der Waals surface area (Å²) < 4.78 is 5.35. The van der Waals surface area contributed by atoms with Crippen LogP contribution in [0, 0.1) is 0 Å². The van der Waals surface area contributed by atoms with Crippen molar-refractivity contribution < 1.29 is 4.74 Å². The van der Waals surface area contributed by atoms with Crippen molar-refractivity contribution in [3.05, 3.63) is 23.9 Å². The van der Waals surface area contributed by atoms with Crippen LogP contribution in [0.2, 0.25) is 0 Å².